The summed E-state index contributed by atoms with van der Waals surface area (Å²) in [5.41, 5.74) is 1.77. The monoisotopic (exact) mass is 262 g/mol. The molecule has 0 fully saturated rings. The number of hydrogen-bond acceptors (Lipinski definition) is 2. The molecule has 1 rings (SSSR count). The van der Waals surface area contributed by atoms with Gasteiger partial charge in [0.25, 0.3) is 5.91 Å². The molecule has 0 aliphatic heterocycles. The van der Waals surface area contributed by atoms with Crippen LogP contribution in [0.3, 0.4) is 0 Å². The van der Waals surface area contributed by atoms with E-state index < -0.39 is 0 Å². The summed E-state index contributed by atoms with van der Waals surface area (Å²) in [6.07, 6.45) is 0. The zero-order valence-corrected chi connectivity index (χ0v) is 12.1. The summed E-state index contributed by atoms with van der Waals surface area (Å²) in [4.78, 5) is 25.0. The number of benzene rings is 1. The lowest BCUT2D eigenvalue weighted by molar-refractivity contribution is -0.130. The van der Waals surface area contributed by atoms with Crippen LogP contribution in [0.15, 0.2) is 24.3 Å². The molecule has 0 radical (unpaired) electrons. The fraction of sp³-hybridized carbons (Fsp3) is 0.467. The Hall–Kier alpha value is -1.84. The summed E-state index contributed by atoms with van der Waals surface area (Å²) in [5, 5.41) is 2.83. The second-order valence-electron chi connectivity index (χ2n) is 4.93. The van der Waals surface area contributed by atoms with Crippen LogP contribution in [0.25, 0.3) is 0 Å². The molecule has 4 heteroatoms. The van der Waals surface area contributed by atoms with Crippen molar-refractivity contribution in [1.82, 2.24) is 10.2 Å². The van der Waals surface area contributed by atoms with Crippen LogP contribution in [0.2, 0.25) is 0 Å². The number of carbonyl (C=O) groups excluding carboxylic acids is 2. The van der Waals surface area contributed by atoms with Gasteiger partial charge in [-0.1, -0.05) is 17.7 Å². The van der Waals surface area contributed by atoms with Crippen LogP contribution >= 0.6 is 0 Å². The van der Waals surface area contributed by atoms with Crippen molar-refractivity contribution in [2.24, 2.45) is 0 Å². The van der Waals surface area contributed by atoms with E-state index >= 15 is 0 Å². The molecule has 0 spiro atoms. The Labute approximate surface area is 114 Å². The summed E-state index contributed by atoms with van der Waals surface area (Å²) in [6.45, 7) is 8.44. The van der Waals surface area contributed by atoms with Crippen LogP contribution in [-0.2, 0) is 4.79 Å². The molecule has 0 aliphatic rings. The molecule has 0 heterocycles. The van der Waals surface area contributed by atoms with Gasteiger partial charge in [-0.2, -0.15) is 0 Å². The summed E-state index contributed by atoms with van der Waals surface area (Å²) < 4.78 is 0. The van der Waals surface area contributed by atoms with Crippen LogP contribution in [0.1, 0.15) is 36.7 Å². The van der Waals surface area contributed by atoms with E-state index in [2.05, 4.69) is 5.32 Å². The molecule has 19 heavy (non-hydrogen) atoms. The molecule has 0 saturated carbocycles. The van der Waals surface area contributed by atoms with E-state index in [1.165, 1.54) is 0 Å². The van der Waals surface area contributed by atoms with E-state index in [9.17, 15) is 9.59 Å². The number of hydrogen-bond donors (Lipinski definition) is 1. The first-order valence-electron chi connectivity index (χ1n) is 6.54. The Balaban J connectivity index is 2.46. The summed E-state index contributed by atoms with van der Waals surface area (Å²) in [6, 6.07) is 7.57. The fourth-order valence-corrected chi connectivity index (χ4v) is 1.88. The van der Waals surface area contributed by atoms with E-state index in [0.29, 0.717) is 18.7 Å². The van der Waals surface area contributed by atoms with Crippen LogP contribution in [0, 0.1) is 6.92 Å². The largest absolute Gasteiger partial charge is 0.350 e. The topological polar surface area (TPSA) is 49.4 Å². The predicted octanol–water partition coefficient (Wildman–Crippen LogP) is 1.98. The van der Waals surface area contributed by atoms with Gasteiger partial charge in [-0.25, -0.2) is 0 Å². The minimum Gasteiger partial charge on any atom is -0.350 e. The van der Waals surface area contributed by atoms with E-state index in [-0.39, 0.29) is 17.9 Å². The van der Waals surface area contributed by atoms with Gasteiger partial charge < -0.3 is 10.2 Å². The number of aryl methyl sites for hydroxylation is 1. The van der Waals surface area contributed by atoms with Crippen molar-refractivity contribution in [1.29, 1.82) is 0 Å². The number of nitrogens with zero attached hydrogens (tertiary/aromatic N) is 1. The quantitative estimate of drug-likeness (QED) is 0.882. The third-order valence-corrected chi connectivity index (χ3v) is 2.98. The van der Waals surface area contributed by atoms with Crippen LogP contribution in [-0.4, -0.2) is 35.8 Å². The van der Waals surface area contributed by atoms with Gasteiger partial charge in [0.2, 0.25) is 5.91 Å². The predicted molar refractivity (Wildman–Crippen MR) is 76.0 cm³/mol. The third-order valence-electron chi connectivity index (χ3n) is 2.98. The smallest absolute Gasteiger partial charge is 0.251 e. The summed E-state index contributed by atoms with van der Waals surface area (Å²) in [7, 11) is 0. The standard InChI is InChI=1S/C15H22N2O2/c1-11(2)17(13(4)18)10-9-16-15(19)14-7-5-12(3)6-8-14/h5-8,11H,9-10H2,1-4H3,(H,16,19). The normalized spacial score (nSPS) is 10.4. The van der Waals surface area contributed by atoms with Gasteiger partial charge in [0.05, 0.1) is 0 Å². The maximum absolute atomic E-state index is 11.9. The molecule has 4 nitrogen and oxygen atoms in total. The van der Waals surface area contributed by atoms with E-state index in [1.807, 2.05) is 32.9 Å². The SMILES string of the molecule is CC(=O)N(CCNC(=O)c1ccc(C)cc1)C(C)C. The molecule has 104 valence electrons. The van der Waals surface area contributed by atoms with Crippen LogP contribution in [0.4, 0.5) is 0 Å². The second kappa shape index (κ2) is 6.92. The molecule has 1 aromatic carbocycles. The zero-order chi connectivity index (χ0) is 14.4. The molecule has 0 unspecified atom stereocenters. The van der Waals surface area contributed by atoms with Crippen molar-refractivity contribution in [2.45, 2.75) is 33.7 Å². The van der Waals surface area contributed by atoms with Gasteiger partial charge in [-0.3, -0.25) is 9.59 Å². The Morgan fingerprint density at radius 1 is 1.21 bits per heavy atom. The van der Waals surface area contributed by atoms with Crippen molar-refractivity contribution < 1.29 is 9.59 Å². The van der Waals surface area contributed by atoms with Crippen molar-refractivity contribution in [3.63, 3.8) is 0 Å². The maximum atomic E-state index is 11.9. The number of carbonyl (C=O) groups is 2. The lowest BCUT2D eigenvalue weighted by atomic mass is 10.1. The molecule has 1 aromatic rings. The van der Waals surface area contributed by atoms with Gasteiger partial charge in [-0.15, -0.1) is 0 Å². The highest BCUT2D eigenvalue weighted by molar-refractivity contribution is 5.94. The summed E-state index contributed by atoms with van der Waals surface area (Å²) >= 11 is 0. The van der Waals surface area contributed by atoms with Gasteiger partial charge in [0.15, 0.2) is 0 Å². The van der Waals surface area contributed by atoms with Crippen LogP contribution in [0.5, 0.6) is 0 Å². The van der Waals surface area contributed by atoms with Crippen LogP contribution < -0.4 is 5.32 Å². The fourth-order valence-electron chi connectivity index (χ4n) is 1.88. The maximum Gasteiger partial charge on any atom is 0.251 e. The minimum atomic E-state index is -0.104. The van der Waals surface area contributed by atoms with Crippen molar-refractivity contribution in [3.8, 4) is 0 Å². The highest BCUT2D eigenvalue weighted by Crippen LogP contribution is 2.03. The average molecular weight is 262 g/mol. The summed E-state index contributed by atoms with van der Waals surface area (Å²) in [5.74, 6) is -0.0770. The first-order valence-corrected chi connectivity index (χ1v) is 6.54. The van der Waals surface area contributed by atoms with Crippen molar-refractivity contribution in [2.75, 3.05) is 13.1 Å². The zero-order valence-electron chi connectivity index (χ0n) is 12.1. The minimum absolute atomic E-state index is 0.0274. The van der Waals surface area contributed by atoms with E-state index in [1.54, 1.807) is 24.0 Å². The molecule has 1 N–H and O–H groups in total. The highest BCUT2D eigenvalue weighted by Gasteiger charge is 2.12. The van der Waals surface area contributed by atoms with E-state index in [4.69, 9.17) is 0 Å². The van der Waals surface area contributed by atoms with Crippen molar-refractivity contribution in [3.05, 3.63) is 35.4 Å². The van der Waals surface area contributed by atoms with Crippen molar-refractivity contribution >= 4 is 11.8 Å². The molecule has 0 saturated heterocycles. The number of amides is 2. The molecular formula is C15H22N2O2. The van der Waals surface area contributed by atoms with E-state index in [0.717, 1.165) is 5.56 Å². The number of nitrogens with one attached hydrogen (secondary N) is 1. The Morgan fingerprint density at radius 2 is 1.79 bits per heavy atom. The molecule has 0 atom stereocenters. The Bertz CT molecular complexity index is 438. The first-order chi connectivity index (χ1) is 8.91. The molecule has 0 aliphatic carbocycles. The molecule has 0 bridgehead atoms. The highest BCUT2D eigenvalue weighted by atomic mass is 16.2. The second-order valence-corrected chi connectivity index (χ2v) is 4.93. The van der Waals surface area contributed by atoms with Gasteiger partial charge in [-0.05, 0) is 32.9 Å². The third kappa shape index (κ3) is 4.73. The first kappa shape index (κ1) is 15.2. The lowest BCUT2D eigenvalue weighted by Gasteiger charge is -2.25. The van der Waals surface area contributed by atoms with Gasteiger partial charge in [0, 0.05) is 31.6 Å². The number of rotatable bonds is 5. The molecule has 2 amide bonds. The molecular weight excluding hydrogens is 240 g/mol. The average Bonchev–Trinajstić information content (AvgIpc) is 2.34. The van der Waals surface area contributed by atoms with Gasteiger partial charge in [0.1, 0.15) is 0 Å². The Kier molecular flexibility index (Phi) is 5.55. The molecule has 0 aromatic heterocycles. The Morgan fingerprint density at radius 3 is 2.26 bits per heavy atom. The van der Waals surface area contributed by atoms with Gasteiger partial charge >= 0.3 is 0 Å². The lowest BCUT2D eigenvalue weighted by Crippen LogP contribution is -2.41.